The van der Waals surface area contributed by atoms with Crippen molar-refractivity contribution in [2.45, 2.75) is 0 Å². The summed E-state index contributed by atoms with van der Waals surface area (Å²) in [6.07, 6.45) is 0. The molecule has 0 aliphatic rings. The Bertz CT molecular complexity index is 468. The highest BCUT2D eigenvalue weighted by atomic mass is 79.9. The van der Waals surface area contributed by atoms with E-state index in [1.165, 1.54) is 0 Å². The molecule has 0 heterocycles. The zero-order valence-corrected chi connectivity index (χ0v) is 12.9. The normalized spacial score (nSPS) is 9.22. The molecule has 2 aromatic carbocycles. The summed E-state index contributed by atoms with van der Waals surface area (Å²) >= 11 is 6.69. The van der Waals surface area contributed by atoms with Gasteiger partial charge in [-0.15, -0.1) is 13.2 Å². The second-order valence-electron chi connectivity index (χ2n) is 3.34. The van der Waals surface area contributed by atoms with Crippen LogP contribution in [0.1, 0.15) is 15.9 Å². The standard InChI is InChI=1S/C13H8Br2O.C2H4/c14-11-5-1-9(2-6-11)13(16)10-3-7-12(15)8-4-10;1-2/h1-8H;1-2H2. The average molecular weight is 368 g/mol. The highest BCUT2D eigenvalue weighted by Crippen LogP contribution is 2.16. The van der Waals surface area contributed by atoms with Gasteiger partial charge in [-0.05, 0) is 48.5 Å². The van der Waals surface area contributed by atoms with Gasteiger partial charge < -0.3 is 0 Å². The van der Waals surface area contributed by atoms with Gasteiger partial charge >= 0.3 is 0 Å². The van der Waals surface area contributed by atoms with Crippen molar-refractivity contribution in [3.63, 3.8) is 0 Å². The van der Waals surface area contributed by atoms with Gasteiger partial charge in [-0.2, -0.15) is 0 Å². The molecule has 0 bridgehead atoms. The quantitative estimate of drug-likeness (QED) is 0.523. The lowest BCUT2D eigenvalue weighted by Gasteiger charge is -2.01. The molecule has 0 unspecified atom stereocenters. The topological polar surface area (TPSA) is 17.1 Å². The first kappa shape index (κ1) is 14.9. The molecule has 2 aromatic rings. The van der Waals surface area contributed by atoms with E-state index < -0.39 is 0 Å². The lowest BCUT2D eigenvalue weighted by Crippen LogP contribution is -2.00. The van der Waals surface area contributed by atoms with E-state index in [4.69, 9.17) is 0 Å². The Hall–Kier alpha value is -1.19. The van der Waals surface area contributed by atoms with Gasteiger partial charge in [-0.25, -0.2) is 0 Å². The van der Waals surface area contributed by atoms with Crippen molar-refractivity contribution in [1.29, 1.82) is 0 Å². The zero-order valence-electron chi connectivity index (χ0n) is 9.70. The van der Waals surface area contributed by atoms with Crippen molar-refractivity contribution in [2.75, 3.05) is 0 Å². The maximum atomic E-state index is 12.0. The van der Waals surface area contributed by atoms with Crippen LogP contribution in [0.15, 0.2) is 70.6 Å². The van der Waals surface area contributed by atoms with Crippen LogP contribution in [0.3, 0.4) is 0 Å². The monoisotopic (exact) mass is 366 g/mol. The third kappa shape index (κ3) is 3.93. The zero-order chi connectivity index (χ0) is 13.5. The van der Waals surface area contributed by atoms with Crippen LogP contribution >= 0.6 is 31.9 Å². The molecule has 92 valence electrons. The summed E-state index contributed by atoms with van der Waals surface area (Å²) in [5, 5.41) is 0. The molecule has 3 heteroatoms. The van der Waals surface area contributed by atoms with E-state index in [0.29, 0.717) is 11.1 Å². The molecular formula is C15H12Br2O. The van der Waals surface area contributed by atoms with Gasteiger partial charge in [0.1, 0.15) is 0 Å². The van der Waals surface area contributed by atoms with Crippen LogP contribution in [-0.2, 0) is 0 Å². The van der Waals surface area contributed by atoms with Crippen molar-refractivity contribution in [3.8, 4) is 0 Å². The Morgan fingerprint density at radius 2 is 1.00 bits per heavy atom. The van der Waals surface area contributed by atoms with Gasteiger partial charge in [0.05, 0.1) is 0 Å². The Morgan fingerprint density at radius 3 is 1.28 bits per heavy atom. The number of ketones is 1. The lowest BCUT2D eigenvalue weighted by molar-refractivity contribution is 0.103. The number of hydrogen-bond donors (Lipinski definition) is 0. The summed E-state index contributed by atoms with van der Waals surface area (Å²) < 4.78 is 1.94. The summed E-state index contributed by atoms with van der Waals surface area (Å²) in [5.41, 5.74) is 1.40. The van der Waals surface area contributed by atoms with Crippen LogP contribution in [0.4, 0.5) is 0 Å². The van der Waals surface area contributed by atoms with Gasteiger partial charge in [0, 0.05) is 20.1 Å². The van der Waals surface area contributed by atoms with E-state index >= 15 is 0 Å². The average Bonchev–Trinajstić information content (AvgIpc) is 2.42. The van der Waals surface area contributed by atoms with Crippen LogP contribution in [0, 0.1) is 0 Å². The highest BCUT2D eigenvalue weighted by molar-refractivity contribution is 9.10. The number of rotatable bonds is 2. The molecule has 0 fully saturated rings. The van der Waals surface area contributed by atoms with Gasteiger partial charge in [0.2, 0.25) is 0 Å². The number of hydrogen-bond acceptors (Lipinski definition) is 1. The first-order valence-electron chi connectivity index (χ1n) is 5.22. The van der Waals surface area contributed by atoms with Crippen molar-refractivity contribution in [3.05, 3.63) is 81.8 Å². The lowest BCUT2D eigenvalue weighted by atomic mass is 10.0. The number of halogens is 2. The molecule has 0 amide bonds. The molecule has 0 saturated carbocycles. The minimum absolute atomic E-state index is 0.0417. The maximum Gasteiger partial charge on any atom is 0.193 e. The molecule has 0 aliphatic carbocycles. The molecule has 18 heavy (non-hydrogen) atoms. The van der Waals surface area contributed by atoms with E-state index in [-0.39, 0.29) is 5.78 Å². The van der Waals surface area contributed by atoms with Crippen LogP contribution < -0.4 is 0 Å². The molecule has 0 atom stereocenters. The van der Waals surface area contributed by atoms with Gasteiger partial charge in [-0.3, -0.25) is 4.79 Å². The third-order valence-corrected chi connectivity index (χ3v) is 3.27. The second-order valence-corrected chi connectivity index (χ2v) is 5.17. The second kappa shape index (κ2) is 7.29. The number of carbonyl (C=O) groups excluding carboxylic acids is 1. The fourth-order valence-electron chi connectivity index (χ4n) is 1.37. The number of benzene rings is 2. The van der Waals surface area contributed by atoms with E-state index in [2.05, 4.69) is 45.0 Å². The van der Waals surface area contributed by atoms with Crippen molar-refractivity contribution >= 4 is 37.6 Å². The van der Waals surface area contributed by atoms with Crippen LogP contribution in [0.2, 0.25) is 0 Å². The Morgan fingerprint density at radius 1 is 0.722 bits per heavy atom. The molecular weight excluding hydrogens is 356 g/mol. The van der Waals surface area contributed by atoms with E-state index in [1.807, 2.05) is 48.5 Å². The fraction of sp³-hybridized carbons (Fsp3) is 0. The molecule has 0 spiro atoms. The maximum absolute atomic E-state index is 12.0. The first-order valence-corrected chi connectivity index (χ1v) is 6.81. The van der Waals surface area contributed by atoms with Gasteiger partial charge in [-0.1, -0.05) is 31.9 Å². The smallest absolute Gasteiger partial charge is 0.193 e. The van der Waals surface area contributed by atoms with Crippen molar-refractivity contribution < 1.29 is 4.79 Å². The predicted molar refractivity (Wildman–Crippen MR) is 83.0 cm³/mol. The summed E-state index contributed by atoms with van der Waals surface area (Å²) in [5.74, 6) is 0.0417. The first-order chi connectivity index (χ1) is 8.66. The SMILES string of the molecule is C=C.O=C(c1ccc(Br)cc1)c1ccc(Br)cc1. The molecule has 0 aliphatic heterocycles. The molecule has 0 N–H and O–H groups in total. The Labute approximate surface area is 124 Å². The molecule has 0 radical (unpaired) electrons. The summed E-state index contributed by atoms with van der Waals surface area (Å²) in [4.78, 5) is 12.0. The predicted octanol–water partition coefficient (Wildman–Crippen LogP) is 5.24. The third-order valence-electron chi connectivity index (χ3n) is 2.21. The largest absolute Gasteiger partial charge is 0.289 e. The van der Waals surface area contributed by atoms with Crippen molar-refractivity contribution in [1.82, 2.24) is 0 Å². The molecule has 0 saturated heterocycles. The molecule has 1 nitrogen and oxygen atoms in total. The van der Waals surface area contributed by atoms with E-state index in [9.17, 15) is 4.79 Å². The minimum atomic E-state index is 0.0417. The van der Waals surface area contributed by atoms with Gasteiger partial charge in [0.25, 0.3) is 0 Å². The summed E-state index contributed by atoms with van der Waals surface area (Å²) in [6, 6.07) is 14.7. The van der Waals surface area contributed by atoms with Crippen LogP contribution in [0.25, 0.3) is 0 Å². The van der Waals surface area contributed by atoms with Crippen LogP contribution in [-0.4, -0.2) is 5.78 Å². The fourth-order valence-corrected chi connectivity index (χ4v) is 1.90. The van der Waals surface area contributed by atoms with E-state index in [1.54, 1.807) is 0 Å². The molecule has 0 aromatic heterocycles. The Kier molecular flexibility index (Phi) is 6.02. The van der Waals surface area contributed by atoms with Crippen molar-refractivity contribution in [2.24, 2.45) is 0 Å². The van der Waals surface area contributed by atoms with Gasteiger partial charge in [0.15, 0.2) is 5.78 Å². The molecule has 2 rings (SSSR count). The minimum Gasteiger partial charge on any atom is -0.289 e. The van der Waals surface area contributed by atoms with Crippen LogP contribution in [0.5, 0.6) is 0 Å². The van der Waals surface area contributed by atoms with E-state index in [0.717, 1.165) is 8.95 Å². The number of carbonyl (C=O) groups is 1. The summed E-state index contributed by atoms with van der Waals surface area (Å²) in [6.45, 7) is 6.00. The summed E-state index contributed by atoms with van der Waals surface area (Å²) in [7, 11) is 0. The highest BCUT2D eigenvalue weighted by Gasteiger charge is 2.07. The Balaban J connectivity index is 0.000000771.